The van der Waals surface area contributed by atoms with E-state index in [1.165, 1.54) is 6.07 Å². The van der Waals surface area contributed by atoms with E-state index in [1.807, 2.05) is 72.8 Å². The number of hydrogen-bond acceptors (Lipinski definition) is 7. The molecule has 0 aliphatic rings. The zero-order valence-electron chi connectivity index (χ0n) is 28.2. The average molecular weight is 683 g/mol. The Morgan fingerprint density at radius 3 is 2.02 bits per heavy atom. The molecule has 3 heterocycles. The molecule has 0 unspecified atom stereocenters. The number of carbonyl (C=O) groups excluding carboxylic acids is 1. The second-order valence-electron chi connectivity index (χ2n) is 12.5. The van der Waals surface area contributed by atoms with Gasteiger partial charge in [0, 0.05) is 36.8 Å². The molecule has 9 nitrogen and oxygen atoms in total. The molecule has 0 N–H and O–H groups in total. The Hall–Kier alpha value is -5.65. The lowest BCUT2D eigenvalue weighted by Crippen LogP contribution is -2.34. The fourth-order valence-corrected chi connectivity index (χ4v) is 5.83. The van der Waals surface area contributed by atoms with E-state index in [9.17, 15) is 18.0 Å². The number of pyridine rings is 1. The Morgan fingerprint density at radius 1 is 0.840 bits per heavy atom. The Bertz CT molecular complexity index is 2030. The maximum absolute atomic E-state index is 14.0. The fraction of sp³-hybridized carbons (Fsp3) is 0.263. The molecular formula is C38H37F3N6O3. The van der Waals surface area contributed by atoms with E-state index in [2.05, 4.69) is 14.9 Å². The van der Waals surface area contributed by atoms with Gasteiger partial charge in [0.2, 0.25) is 5.95 Å². The standard InChI is InChI=1S/C38H37F3N6O3/c1-25(2)20-45(23-30-11-10-29(18-43-30)38(39,40)41)36(48)28-9-16-34-33(17-28)35-19-42-24-47(35)37(44-34)46(21-26-5-12-31(49-3)13-6-26)22-27-7-14-32(50-4)15-8-27/h5-19,24-25H,20-23H2,1-4H3. The van der Waals surface area contributed by atoms with Gasteiger partial charge in [-0.15, -0.1) is 0 Å². The summed E-state index contributed by atoms with van der Waals surface area (Å²) in [5.41, 5.74) is 3.53. The molecule has 0 fully saturated rings. The summed E-state index contributed by atoms with van der Waals surface area (Å²) in [5.74, 6) is 2.06. The predicted octanol–water partition coefficient (Wildman–Crippen LogP) is 7.82. The minimum atomic E-state index is -4.49. The summed E-state index contributed by atoms with van der Waals surface area (Å²) in [6.07, 6.45) is -0.227. The normalized spacial score (nSPS) is 11.7. The second-order valence-corrected chi connectivity index (χ2v) is 12.5. The van der Waals surface area contributed by atoms with Crippen molar-refractivity contribution < 1.29 is 27.4 Å². The summed E-state index contributed by atoms with van der Waals surface area (Å²) in [6.45, 7) is 5.50. The number of halogens is 3. The topological polar surface area (TPSA) is 85.1 Å². The number of hydrogen-bond donors (Lipinski definition) is 0. The molecule has 0 bridgehead atoms. The monoisotopic (exact) mass is 682 g/mol. The number of alkyl halides is 3. The number of aromatic nitrogens is 4. The van der Waals surface area contributed by atoms with Crippen LogP contribution >= 0.6 is 0 Å². The van der Waals surface area contributed by atoms with E-state index in [0.717, 1.165) is 45.8 Å². The second kappa shape index (κ2) is 14.5. The Labute approximate surface area is 287 Å². The lowest BCUT2D eigenvalue weighted by Gasteiger charge is -2.26. The third kappa shape index (κ3) is 7.64. The summed E-state index contributed by atoms with van der Waals surface area (Å²) >= 11 is 0. The van der Waals surface area contributed by atoms with Crippen LogP contribution in [0.1, 0.15) is 46.6 Å². The van der Waals surface area contributed by atoms with Crippen LogP contribution in [0.5, 0.6) is 11.5 Å². The fourth-order valence-electron chi connectivity index (χ4n) is 5.83. The number of anilines is 1. The van der Waals surface area contributed by atoms with Crippen molar-refractivity contribution in [3.05, 3.63) is 126 Å². The smallest absolute Gasteiger partial charge is 0.417 e. The number of ether oxygens (including phenoxy) is 2. The highest BCUT2D eigenvalue weighted by molar-refractivity contribution is 6.02. The summed E-state index contributed by atoms with van der Waals surface area (Å²) in [7, 11) is 3.27. The van der Waals surface area contributed by atoms with Gasteiger partial charge in [-0.25, -0.2) is 9.97 Å². The molecule has 0 spiro atoms. The minimum absolute atomic E-state index is 0.0676. The Morgan fingerprint density at radius 2 is 1.48 bits per heavy atom. The Balaban J connectivity index is 1.35. The molecule has 258 valence electrons. The highest BCUT2D eigenvalue weighted by Crippen LogP contribution is 2.30. The largest absolute Gasteiger partial charge is 0.497 e. The average Bonchev–Trinajstić information content (AvgIpc) is 3.61. The molecule has 0 atom stereocenters. The molecule has 1 amide bonds. The molecule has 0 saturated carbocycles. The number of imidazole rings is 1. The maximum Gasteiger partial charge on any atom is 0.417 e. The van der Waals surface area contributed by atoms with Crippen molar-refractivity contribution in [2.45, 2.75) is 39.7 Å². The van der Waals surface area contributed by atoms with Crippen molar-refractivity contribution in [1.29, 1.82) is 0 Å². The van der Waals surface area contributed by atoms with E-state index in [0.29, 0.717) is 42.4 Å². The van der Waals surface area contributed by atoms with Gasteiger partial charge in [0.25, 0.3) is 5.91 Å². The van der Waals surface area contributed by atoms with Crippen molar-refractivity contribution in [3.8, 4) is 11.5 Å². The molecule has 12 heteroatoms. The predicted molar refractivity (Wildman–Crippen MR) is 185 cm³/mol. The van der Waals surface area contributed by atoms with Crippen molar-refractivity contribution >= 4 is 28.3 Å². The Kier molecular flexibility index (Phi) is 9.89. The molecular weight excluding hydrogens is 645 g/mol. The van der Waals surface area contributed by atoms with Crippen LogP contribution in [0, 0.1) is 5.92 Å². The number of fused-ring (bicyclic) bond motifs is 3. The van der Waals surface area contributed by atoms with Crippen LogP contribution in [0.2, 0.25) is 0 Å². The first kappa shape index (κ1) is 34.2. The van der Waals surface area contributed by atoms with Crippen molar-refractivity contribution in [3.63, 3.8) is 0 Å². The summed E-state index contributed by atoms with van der Waals surface area (Å²) in [4.78, 5) is 31.3. The van der Waals surface area contributed by atoms with Gasteiger partial charge in [0.05, 0.1) is 49.3 Å². The number of nitrogens with zero attached hydrogens (tertiary/aromatic N) is 6. The van der Waals surface area contributed by atoms with Crippen molar-refractivity contribution in [2.24, 2.45) is 5.92 Å². The first-order chi connectivity index (χ1) is 24.0. The molecule has 0 saturated heterocycles. The van der Waals surface area contributed by atoms with Crippen LogP contribution < -0.4 is 14.4 Å². The van der Waals surface area contributed by atoms with Gasteiger partial charge in [-0.05, 0) is 71.6 Å². The molecule has 0 aliphatic carbocycles. The van der Waals surface area contributed by atoms with Gasteiger partial charge in [-0.1, -0.05) is 38.1 Å². The number of methoxy groups -OCH3 is 2. The number of amides is 1. The van der Waals surface area contributed by atoms with Crippen LogP contribution in [0.3, 0.4) is 0 Å². The molecule has 50 heavy (non-hydrogen) atoms. The highest BCUT2D eigenvalue weighted by atomic mass is 19.4. The summed E-state index contributed by atoms with van der Waals surface area (Å²) in [6, 6.07) is 23.5. The molecule has 0 radical (unpaired) electrons. The van der Waals surface area contributed by atoms with E-state index >= 15 is 0 Å². The van der Waals surface area contributed by atoms with Crippen LogP contribution in [-0.4, -0.2) is 50.9 Å². The maximum atomic E-state index is 14.0. The van der Waals surface area contributed by atoms with Crippen LogP contribution in [0.15, 0.2) is 97.6 Å². The van der Waals surface area contributed by atoms with Gasteiger partial charge < -0.3 is 19.3 Å². The summed E-state index contributed by atoms with van der Waals surface area (Å²) < 4.78 is 52.0. The molecule has 0 aliphatic heterocycles. The van der Waals surface area contributed by atoms with Crippen molar-refractivity contribution in [2.75, 3.05) is 25.7 Å². The zero-order chi connectivity index (χ0) is 35.4. The van der Waals surface area contributed by atoms with E-state index in [4.69, 9.17) is 14.5 Å². The third-order valence-electron chi connectivity index (χ3n) is 8.32. The third-order valence-corrected chi connectivity index (χ3v) is 8.32. The SMILES string of the molecule is COc1ccc(CN(Cc2ccc(OC)cc2)c2nc3ccc(C(=O)N(Cc4ccc(C(F)(F)F)cn4)CC(C)C)cc3c3cncn23)cc1. The molecule has 6 rings (SSSR count). The lowest BCUT2D eigenvalue weighted by molar-refractivity contribution is -0.137. The zero-order valence-corrected chi connectivity index (χ0v) is 28.2. The first-order valence-corrected chi connectivity index (χ1v) is 16.1. The van der Waals surface area contributed by atoms with Gasteiger partial charge in [0.1, 0.15) is 17.8 Å². The van der Waals surface area contributed by atoms with E-state index in [1.54, 1.807) is 43.8 Å². The molecule has 6 aromatic rings. The minimum Gasteiger partial charge on any atom is -0.497 e. The first-order valence-electron chi connectivity index (χ1n) is 16.1. The number of carbonyl (C=O) groups is 1. The molecule has 3 aromatic heterocycles. The molecule has 3 aromatic carbocycles. The van der Waals surface area contributed by atoms with Gasteiger partial charge in [-0.2, -0.15) is 13.2 Å². The van der Waals surface area contributed by atoms with Crippen LogP contribution in [0.4, 0.5) is 19.1 Å². The number of rotatable bonds is 12. The van der Waals surface area contributed by atoms with Gasteiger partial charge in [-0.3, -0.25) is 14.2 Å². The summed E-state index contributed by atoms with van der Waals surface area (Å²) in [5, 5.41) is 0.739. The number of benzene rings is 3. The van der Waals surface area contributed by atoms with Gasteiger partial charge >= 0.3 is 6.18 Å². The quantitative estimate of drug-likeness (QED) is 0.130. The van der Waals surface area contributed by atoms with Crippen LogP contribution in [-0.2, 0) is 25.8 Å². The highest BCUT2D eigenvalue weighted by Gasteiger charge is 2.31. The van der Waals surface area contributed by atoms with E-state index in [-0.39, 0.29) is 18.4 Å². The lowest BCUT2D eigenvalue weighted by atomic mass is 10.1. The van der Waals surface area contributed by atoms with E-state index < -0.39 is 11.7 Å². The van der Waals surface area contributed by atoms with Gasteiger partial charge in [0.15, 0.2) is 0 Å². The van der Waals surface area contributed by atoms with Crippen LogP contribution in [0.25, 0.3) is 16.4 Å². The van der Waals surface area contributed by atoms with Crippen molar-refractivity contribution in [1.82, 2.24) is 24.3 Å².